The van der Waals surface area contributed by atoms with Crippen LogP contribution in [-0.2, 0) is 10.8 Å². The van der Waals surface area contributed by atoms with Crippen LogP contribution in [0.2, 0.25) is 0 Å². The summed E-state index contributed by atoms with van der Waals surface area (Å²) in [7, 11) is 0. The molecule has 0 spiro atoms. The summed E-state index contributed by atoms with van der Waals surface area (Å²) in [5.74, 6) is -4.77. The van der Waals surface area contributed by atoms with Crippen molar-refractivity contribution in [3.05, 3.63) is 29.8 Å². The van der Waals surface area contributed by atoms with Crippen LogP contribution in [0, 0.1) is 0 Å². The molecule has 0 atom stereocenters. The van der Waals surface area contributed by atoms with Crippen LogP contribution in [-0.4, -0.2) is 6.11 Å². The highest BCUT2D eigenvalue weighted by Gasteiger charge is 2.64. The SMILES string of the molecule is FC1(F)OOc2ccccc2C1(F)F. The van der Waals surface area contributed by atoms with Crippen LogP contribution >= 0.6 is 0 Å². The van der Waals surface area contributed by atoms with Gasteiger partial charge in [-0.3, -0.25) is 0 Å². The molecule has 0 bridgehead atoms. The standard InChI is InChI=1S/C8H4F4O2/c9-7(10)5-3-1-2-4-6(5)13-14-8(7,11)12/h1-4H. The van der Waals surface area contributed by atoms with Crippen molar-refractivity contribution >= 4 is 0 Å². The average molecular weight is 208 g/mol. The molecule has 6 heteroatoms. The lowest BCUT2D eigenvalue weighted by Crippen LogP contribution is -2.44. The fourth-order valence-electron chi connectivity index (χ4n) is 1.11. The first-order valence-electron chi connectivity index (χ1n) is 3.66. The van der Waals surface area contributed by atoms with Gasteiger partial charge in [0.15, 0.2) is 5.75 Å². The van der Waals surface area contributed by atoms with E-state index in [-0.39, 0.29) is 0 Å². The lowest BCUT2D eigenvalue weighted by molar-refractivity contribution is -0.466. The number of hydrogen-bond donors (Lipinski definition) is 0. The van der Waals surface area contributed by atoms with Crippen molar-refractivity contribution < 1.29 is 27.3 Å². The zero-order valence-corrected chi connectivity index (χ0v) is 6.64. The topological polar surface area (TPSA) is 18.5 Å². The van der Waals surface area contributed by atoms with Crippen LogP contribution < -0.4 is 4.89 Å². The quantitative estimate of drug-likeness (QED) is 0.482. The summed E-state index contributed by atoms with van der Waals surface area (Å²) in [5, 5.41) is 0. The third-order valence-corrected chi connectivity index (χ3v) is 1.83. The summed E-state index contributed by atoms with van der Waals surface area (Å²) >= 11 is 0. The first-order valence-corrected chi connectivity index (χ1v) is 3.66. The zero-order valence-electron chi connectivity index (χ0n) is 6.64. The number of hydrogen-bond acceptors (Lipinski definition) is 2. The lowest BCUT2D eigenvalue weighted by atomic mass is 10.1. The van der Waals surface area contributed by atoms with Crippen molar-refractivity contribution in [1.82, 2.24) is 0 Å². The number of rotatable bonds is 0. The predicted octanol–water partition coefficient (Wildman–Crippen LogP) is 2.70. The fraction of sp³-hybridized carbons (Fsp3) is 0.250. The van der Waals surface area contributed by atoms with E-state index in [9.17, 15) is 17.6 Å². The van der Waals surface area contributed by atoms with E-state index in [0.717, 1.165) is 12.1 Å². The second-order valence-corrected chi connectivity index (χ2v) is 2.75. The van der Waals surface area contributed by atoms with Gasteiger partial charge in [-0.25, -0.2) is 0 Å². The Morgan fingerprint density at radius 2 is 1.64 bits per heavy atom. The van der Waals surface area contributed by atoms with Crippen LogP contribution in [0.15, 0.2) is 24.3 Å². The van der Waals surface area contributed by atoms with E-state index in [4.69, 9.17) is 0 Å². The van der Waals surface area contributed by atoms with Gasteiger partial charge in [0.2, 0.25) is 0 Å². The second kappa shape index (κ2) is 2.60. The normalized spacial score (nSPS) is 22.3. The highest BCUT2D eigenvalue weighted by Crippen LogP contribution is 2.50. The van der Waals surface area contributed by atoms with E-state index < -0.39 is 23.3 Å². The zero-order chi connectivity index (χ0) is 10.4. The molecule has 0 fully saturated rings. The van der Waals surface area contributed by atoms with E-state index in [2.05, 4.69) is 9.78 Å². The monoisotopic (exact) mass is 208 g/mol. The van der Waals surface area contributed by atoms with Gasteiger partial charge < -0.3 is 4.89 Å². The Morgan fingerprint density at radius 1 is 1.00 bits per heavy atom. The molecule has 1 aliphatic rings. The maximum atomic E-state index is 13.0. The minimum Gasteiger partial charge on any atom is -0.331 e. The van der Waals surface area contributed by atoms with Gasteiger partial charge in [-0.1, -0.05) is 12.1 Å². The molecule has 0 N–H and O–H groups in total. The van der Waals surface area contributed by atoms with E-state index in [0.29, 0.717) is 0 Å². The third-order valence-electron chi connectivity index (χ3n) is 1.83. The van der Waals surface area contributed by atoms with Gasteiger partial charge in [0.1, 0.15) is 0 Å². The van der Waals surface area contributed by atoms with Gasteiger partial charge in [0, 0.05) is 0 Å². The van der Waals surface area contributed by atoms with Crippen LogP contribution in [0.5, 0.6) is 5.75 Å². The molecule has 0 unspecified atom stereocenters. The smallest absolute Gasteiger partial charge is 0.331 e. The Labute approximate surface area is 76.0 Å². The van der Waals surface area contributed by atoms with Crippen molar-refractivity contribution in [3.8, 4) is 5.75 Å². The molecule has 14 heavy (non-hydrogen) atoms. The van der Waals surface area contributed by atoms with Crippen LogP contribution in [0.25, 0.3) is 0 Å². The maximum Gasteiger partial charge on any atom is 0.459 e. The Balaban J connectivity index is 2.57. The molecular weight excluding hydrogens is 204 g/mol. The number of halogens is 4. The van der Waals surface area contributed by atoms with Crippen molar-refractivity contribution in [2.75, 3.05) is 0 Å². The molecule has 2 rings (SSSR count). The summed E-state index contributed by atoms with van der Waals surface area (Å²) in [5.41, 5.74) is -0.878. The summed E-state index contributed by atoms with van der Waals surface area (Å²) in [6, 6.07) is 4.59. The summed E-state index contributed by atoms with van der Waals surface area (Å²) in [4.78, 5) is 7.37. The maximum absolute atomic E-state index is 13.0. The van der Waals surface area contributed by atoms with Gasteiger partial charge in [-0.2, -0.15) is 17.6 Å². The van der Waals surface area contributed by atoms with Crippen molar-refractivity contribution in [2.45, 2.75) is 12.0 Å². The second-order valence-electron chi connectivity index (χ2n) is 2.75. The van der Waals surface area contributed by atoms with Crippen molar-refractivity contribution in [3.63, 3.8) is 0 Å². The molecule has 0 amide bonds. The molecule has 1 aromatic rings. The van der Waals surface area contributed by atoms with E-state index >= 15 is 0 Å². The van der Waals surface area contributed by atoms with Gasteiger partial charge in [-0.05, 0) is 12.1 Å². The fourth-order valence-corrected chi connectivity index (χ4v) is 1.11. The summed E-state index contributed by atoms with van der Waals surface area (Å²) in [6.07, 6.45) is -4.64. The van der Waals surface area contributed by atoms with E-state index in [1.807, 2.05) is 0 Å². The molecule has 0 radical (unpaired) electrons. The van der Waals surface area contributed by atoms with Crippen molar-refractivity contribution in [2.24, 2.45) is 0 Å². The summed E-state index contributed by atoms with van der Waals surface area (Å²) < 4.78 is 51.2. The summed E-state index contributed by atoms with van der Waals surface area (Å²) in [6.45, 7) is 0. The van der Waals surface area contributed by atoms with E-state index in [1.54, 1.807) is 0 Å². The highest BCUT2D eigenvalue weighted by atomic mass is 19.3. The molecule has 0 saturated carbocycles. The Kier molecular flexibility index (Phi) is 1.72. The third kappa shape index (κ3) is 1.07. The Hall–Kier alpha value is -1.30. The minimum atomic E-state index is -4.64. The molecule has 1 heterocycles. The molecule has 0 aliphatic carbocycles. The lowest BCUT2D eigenvalue weighted by Gasteiger charge is -2.30. The van der Waals surface area contributed by atoms with Crippen LogP contribution in [0.3, 0.4) is 0 Å². The minimum absolute atomic E-state index is 0.400. The molecule has 1 aromatic carbocycles. The van der Waals surface area contributed by atoms with Crippen molar-refractivity contribution in [1.29, 1.82) is 0 Å². The number of fused-ring (bicyclic) bond motifs is 1. The number of alkyl halides is 4. The predicted molar refractivity (Wildman–Crippen MR) is 37.0 cm³/mol. The Morgan fingerprint density at radius 3 is 2.36 bits per heavy atom. The van der Waals surface area contributed by atoms with Gasteiger partial charge in [0.05, 0.1) is 5.56 Å². The first-order chi connectivity index (χ1) is 6.45. The molecule has 1 aliphatic heterocycles. The largest absolute Gasteiger partial charge is 0.459 e. The molecule has 76 valence electrons. The van der Waals surface area contributed by atoms with Gasteiger partial charge in [-0.15, -0.1) is 4.89 Å². The number of para-hydroxylation sites is 1. The van der Waals surface area contributed by atoms with Gasteiger partial charge >= 0.3 is 12.0 Å². The average Bonchev–Trinajstić information content (AvgIpc) is 2.13. The highest BCUT2D eigenvalue weighted by molar-refractivity contribution is 5.38. The Bertz CT molecular complexity index is 364. The molecule has 0 aromatic heterocycles. The first kappa shape index (κ1) is 9.26. The molecule has 0 saturated heterocycles. The van der Waals surface area contributed by atoms with Crippen LogP contribution in [0.4, 0.5) is 17.6 Å². The number of benzene rings is 1. The van der Waals surface area contributed by atoms with Gasteiger partial charge in [0.25, 0.3) is 0 Å². The van der Waals surface area contributed by atoms with Crippen LogP contribution in [0.1, 0.15) is 5.56 Å². The van der Waals surface area contributed by atoms with E-state index in [1.165, 1.54) is 12.1 Å². The molecule has 2 nitrogen and oxygen atoms in total. The molecular formula is C8H4F4O2.